The predicted octanol–water partition coefficient (Wildman–Crippen LogP) is -1.12. The number of hydrogen-bond acceptors (Lipinski definition) is 11. The van der Waals surface area contributed by atoms with Gasteiger partial charge in [-0.1, -0.05) is 62.4 Å². The lowest BCUT2D eigenvalue weighted by Crippen LogP contribution is -2.59. The van der Waals surface area contributed by atoms with Crippen LogP contribution in [0, 0.1) is 5.92 Å². The highest BCUT2D eigenvalue weighted by atomic mass is 16.4. The molecule has 0 spiro atoms. The predicted molar refractivity (Wildman–Crippen MR) is 257 cm³/mol. The number of carboxylic acids is 2. The van der Waals surface area contributed by atoms with E-state index in [-0.39, 0.29) is 76.3 Å². The lowest BCUT2D eigenvalue weighted by molar-refractivity contribution is -0.142. The lowest BCUT2D eigenvalue weighted by atomic mass is 9.99. The second-order valence-corrected chi connectivity index (χ2v) is 17.6. The quantitative estimate of drug-likeness (QED) is 0.0245. The first-order valence-corrected chi connectivity index (χ1v) is 23.2. The highest BCUT2D eigenvalue weighted by molar-refractivity contribution is 5.97. The van der Waals surface area contributed by atoms with Crippen LogP contribution in [0.5, 0.6) is 0 Å². The van der Waals surface area contributed by atoms with E-state index < -0.39 is 102 Å². The Morgan fingerprint density at radius 1 is 0.757 bits per heavy atom. The van der Waals surface area contributed by atoms with Crippen molar-refractivity contribution < 1.29 is 53.4 Å². The Labute approximate surface area is 404 Å². The molecule has 380 valence electrons. The molecule has 0 unspecified atom stereocenters. The van der Waals surface area contributed by atoms with Gasteiger partial charge < -0.3 is 69.2 Å². The van der Waals surface area contributed by atoms with Crippen LogP contribution in [0.25, 0.3) is 10.9 Å². The number of aliphatic imine (C=N–C) groups is 1. The number of carboxylic acid groups (broad SMARTS) is 2. The highest BCUT2D eigenvalue weighted by Gasteiger charge is 2.37. The van der Waals surface area contributed by atoms with Crippen molar-refractivity contribution in [1.29, 1.82) is 0 Å². The van der Waals surface area contributed by atoms with Crippen LogP contribution in [0.3, 0.4) is 0 Å². The van der Waals surface area contributed by atoms with Crippen molar-refractivity contribution in [1.82, 2.24) is 41.8 Å². The van der Waals surface area contributed by atoms with Crippen molar-refractivity contribution in [2.45, 2.75) is 121 Å². The van der Waals surface area contributed by atoms with Crippen LogP contribution in [-0.4, -0.2) is 141 Å². The van der Waals surface area contributed by atoms with Gasteiger partial charge in [0.1, 0.15) is 36.3 Å². The first-order chi connectivity index (χ1) is 33.2. The molecule has 0 aliphatic carbocycles. The fourth-order valence-corrected chi connectivity index (χ4v) is 7.87. The number of likely N-dealkylation sites (tertiary alicyclic amines) is 1. The van der Waals surface area contributed by atoms with E-state index in [1.807, 2.05) is 38.1 Å². The van der Waals surface area contributed by atoms with Gasteiger partial charge in [-0.05, 0) is 68.6 Å². The number of nitrogens with one attached hydrogen (secondary N) is 7. The molecule has 70 heavy (non-hydrogen) atoms. The monoisotopic (exact) mass is 974 g/mol. The number of aromatic nitrogens is 1. The molecule has 1 saturated heterocycles. The molecule has 7 atom stereocenters. The van der Waals surface area contributed by atoms with Gasteiger partial charge in [-0.25, -0.2) is 0 Å². The maximum absolute atomic E-state index is 14.3. The van der Waals surface area contributed by atoms with Crippen LogP contribution in [0.15, 0.2) is 65.8 Å². The summed E-state index contributed by atoms with van der Waals surface area (Å²) < 4.78 is 0. The molecular weight excluding hydrogens is 909 g/mol. The molecule has 23 heteroatoms. The fourth-order valence-electron chi connectivity index (χ4n) is 7.87. The Morgan fingerprint density at radius 2 is 1.39 bits per heavy atom. The zero-order valence-corrected chi connectivity index (χ0v) is 39.6. The second-order valence-electron chi connectivity index (χ2n) is 17.6. The van der Waals surface area contributed by atoms with Gasteiger partial charge in [0.2, 0.25) is 41.4 Å². The van der Waals surface area contributed by atoms with Gasteiger partial charge in [0.15, 0.2) is 5.96 Å². The molecule has 1 aromatic heterocycles. The number of fused-ring (bicyclic) bond motifs is 1. The summed E-state index contributed by atoms with van der Waals surface area (Å²) in [6.07, 6.45) is 2.14. The first-order valence-electron chi connectivity index (χ1n) is 23.2. The summed E-state index contributed by atoms with van der Waals surface area (Å²) in [6.45, 7) is 4.62. The van der Waals surface area contributed by atoms with E-state index in [9.17, 15) is 48.3 Å². The summed E-state index contributed by atoms with van der Waals surface area (Å²) in [5.74, 6) is -7.81. The van der Waals surface area contributed by atoms with Crippen LogP contribution < -0.4 is 49.1 Å². The molecule has 2 aromatic carbocycles. The average Bonchev–Trinajstić information content (AvgIpc) is 3.98. The van der Waals surface area contributed by atoms with Crippen LogP contribution in [-0.2, 0) is 56.0 Å². The number of nitrogens with two attached hydrogens (primary N) is 3. The van der Waals surface area contributed by atoms with E-state index in [2.05, 4.69) is 41.9 Å². The van der Waals surface area contributed by atoms with Gasteiger partial charge in [0.25, 0.3) is 0 Å². The zero-order chi connectivity index (χ0) is 51.5. The molecule has 1 fully saturated rings. The topological polar surface area (TPSA) is 376 Å². The van der Waals surface area contributed by atoms with E-state index in [1.54, 1.807) is 36.5 Å². The number of H-pyrrole nitrogens is 1. The lowest BCUT2D eigenvalue weighted by Gasteiger charge is -2.28. The summed E-state index contributed by atoms with van der Waals surface area (Å²) in [5, 5.41) is 34.9. The molecule has 2 heterocycles. The molecule has 0 saturated carbocycles. The van der Waals surface area contributed by atoms with Crippen molar-refractivity contribution in [3.05, 3.63) is 71.9 Å². The van der Waals surface area contributed by atoms with Crippen molar-refractivity contribution in [2.24, 2.45) is 28.1 Å². The van der Waals surface area contributed by atoms with E-state index in [0.29, 0.717) is 17.5 Å². The van der Waals surface area contributed by atoms with Gasteiger partial charge in [0.05, 0.1) is 12.6 Å². The summed E-state index contributed by atoms with van der Waals surface area (Å²) >= 11 is 0. The maximum atomic E-state index is 14.3. The van der Waals surface area contributed by atoms with Gasteiger partial charge in [-0.15, -0.1) is 0 Å². The molecule has 0 bridgehead atoms. The Morgan fingerprint density at radius 3 is 2.06 bits per heavy atom. The number of guanidine groups is 1. The third-order valence-electron chi connectivity index (χ3n) is 11.6. The third-order valence-corrected chi connectivity index (χ3v) is 11.6. The van der Waals surface area contributed by atoms with Crippen LogP contribution >= 0.6 is 0 Å². The molecule has 4 rings (SSSR count). The molecule has 7 amide bonds. The number of carbonyl (C=O) groups is 9. The number of aliphatic carboxylic acids is 2. The van der Waals surface area contributed by atoms with Gasteiger partial charge >= 0.3 is 11.9 Å². The average molecular weight is 975 g/mol. The minimum Gasteiger partial charge on any atom is -0.481 e. The largest absolute Gasteiger partial charge is 0.481 e. The summed E-state index contributed by atoms with van der Waals surface area (Å²) in [4.78, 5) is 127. The van der Waals surface area contributed by atoms with Gasteiger partial charge in [-0.3, -0.25) is 48.1 Å². The minimum atomic E-state index is -1.30. The third kappa shape index (κ3) is 17.2. The van der Waals surface area contributed by atoms with Crippen LogP contribution in [0.2, 0.25) is 0 Å². The number of hydrogen-bond donors (Lipinski definition) is 12. The molecule has 0 radical (unpaired) electrons. The van der Waals surface area contributed by atoms with Crippen molar-refractivity contribution in [3.63, 3.8) is 0 Å². The first kappa shape index (κ1) is 55.0. The summed E-state index contributed by atoms with van der Waals surface area (Å²) in [5.41, 5.74) is 18.9. The number of aromatic amines is 1. The normalized spacial score (nSPS) is 15.8. The van der Waals surface area contributed by atoms with Crippen LogP contribution in [0.1, 0.15) is 76.8 Å². The standard InChI is InChI=1S/C47H66N12O11/c1-26(2)21-34(57-44(67)35(22-28-11-5-4-6-12-28)56-40(63)31(48)17-18-39(61)62)43(66)58-36(23-29-24-52-32-14-8-7-13-30(29)32)41(64)53-25-38(60)59-20-10-16-37(59)45(68)55-33(15-9-19-51-47(49)50)42(65)54-27(3)46(69)70/h4-8,11-14,24,26-27,31,33-37,52H,9-10,15-23,25,48H2,1-3H3,(H,53,64)(H,54,65)(H,55,68)(H,56,63)(H,57,67)(H,58,66)(H,61,62)(H,69,70)(H4,49,50,51)/t27-,31-,33-,34-,35-,36-,37-/m0/s1. The van der Waals surface area contributed by atoms with Crippen LogP contribution in [0.4, 0.5) is 0 Å². The number of benzene rings is 2. The molecular formula is C47H66N12O11. The Kier molecular flexibility index (Phi) is 21.1. The molecule has 23 nitrogen and oxygen atoms in total. The maximum Gasteiger partial charge on any atom is 0.325 e. The SMILES string of the molecule is CC(C)C[C@H](NC(=O)[C@H](Cc1ccccc1)NC(=O)[C@@H](N)CCC(=O)O)C(=O)N[C@@H](Cc1c[nH]c2ccccc12)C(=O)NCC(=O)N1CCC[C@H]1C(=O)N[C@@H](CCCN=C(N)N)C(=O)N[C@@H](C)C(=O)O. The Balaban J connectivity index is 1.52. The number of rotatable bonds is 27. The van der Waals surface area contributed by atoms with Crippen molar-refractivity contribution in [2.75, 3.05) is 19.6 Å². The zero-order valence-electron chi connectivity index (χ0n) is 39.6. The number of para-hydroxylation sites is 1. The van der Waals surface area contributed by atoms with Gasteiger partial charge in [0, 0.05) is 49.5 Å². The van der Waals surface area contributed by atoms with E-state index in [0.717, 1.165) is 10.9 Å². The fraction of sp³-hybridized carbons (Fsp3) is 0.489. The number of carbonyl (C=O) groups excluding carboxylic acids is 7. The molecule has 1 aliphatic rings. The summed E-state index contributed by atoms with van der Waals surface area (Å²) in [6, 6.07) is 7.59. The summed E-state index contributed by atoms with van der Waals surface area (Å²) in [7, 11) is 0. The van der Waals surface area contributed by atoms with E-state index in [4.69, 9.17) is 22.3 Å². The van der Waals surface area contributed by atoms with E-state index in [1.165, 1.54) is 11.8 Å². The van der Waals surface area contributed by atoms with Gasteiger partial charge in [-0.2, -0.15) is 0 Å². The number of nitrogens with zero attached hydrogens (tertiary/aromatic N) is 2. The minimum absolute atomic E-state index is 0.00190. The molecule has 15 N–H and O–H groups in total. The van der Waals surface area contributed by atoms with Crippen molar-refractivity contribution in [3.8, 4) is 0 Å². The highest BCUT2D eigenvalue weighted by Crippen LogP contribution is 2.21. The Bertz CT molecular complexity index is 2350. The van der Waals surface area contributed by atoms with Crippen molar-refractivity contribution >= 4 is 70.2 Å². The second kappa shape index (κ2) is 26.8. The Hall–Kier alpha value is -7.56. The van der Waals surface area contributed by atoms with E-state index >= 15 is 0 Å². The smallest absolute Gasteiger partial charge is 0.325 e. The number of amides is 7. The molecule has 1 aliphatic heterocycles. The molecule has 3 aromatic rings.